The van der Waals surface area contributed by atoms with Crippen LogP contribution in [0.1, 0.15) is 24.4 Å². The van der Waals surface area contributed by atoms with Gasteiger partial charge < -0.3 is 9.84 Å². The van der Waals surface area contributed by atoms with Crippen LogP contribution in [0.4, 0.5) is 5.69 Å². The highest BCUT2D eigenvalue weighted by Crippen LogP contribution is 2.39. The first-order chi connectivity index (χ1) is 9.58. The largest absolute Gasteiger partial charge is 0.500 e. The molecule has 2 rings (SSSR count). The third-order valence-corrected chi connectivity index (χ3v) is 3.44. The summed E-state index contributed by atoms with van der Waals surface area (Å²) in [5.74, 6) is -0.506. The molecule has 1 aliphatic rings. The lowest BCUT2D eigenvalue weighted by molar-refractivity contribution is -0.386. The van der Waals surface area contributed by atoms with Crippen LogP contribution in [0.15, 0.2) is 12.1 Å². The first kappa shape index (κ1) is 14.1. The number of hydrogen-bond acceptors (Lipinski definition) is 6. The number of nitro benzene ring substituents is 1. The molecule has 1 atom stereocenters. The molecule has 1 aromatic rings. The number of likely N-dealkylation sites (tertiary alicyclic amines) is 1. The summed E-state index contributed by atoms with van der Waals surface area (Å²) >= 11 is 0. The molecular weight excluding hydrogens is 262 g/mol. The topological polar surface area (TPSA) is 99.6 Å². The summed E-state index contributed by atoms with van der Waals surface area (Å²) in [4.78, 5) is 12.3. The molecule has 0 amide bonds. The summed E-state index contributed by atoms with van der Waals surface area (Å²) in [5.41, 5.74) is 0.0227. The number of nitro groups is 1. The highest BCUT2D eigenvalue weighted by molar-refractivity contribution is 5.58. The number of ether oxygens (including phenoxy) is 1. The molecule has 0 radical (unpaired) electrons. The molecule has 1 saturated heterocycles. The van der Waals surface area contributed by atoms with Gasteiger partial charge in [-0.25, -0.2) is 0 Å². The predicted octanol–water partition coefficient (Wildman–Crippen LogP) is 1.97. The summed E-state index contributed by atoms with van der Waals surface area (Å²) in [7, 11) is 1.32. The van der Waals surface area contributed by atoms with E-state index in [0.29, 0.717) is 5.56 Å². The lowest BCUT2D eigenvalue weighted by Gasteiger charge is -2.21. The van der Waals surface area contributed by atoms with Crippen LogP contribution in [0, 0.1) is 21.4 Å². The van der Waals surface area contributed by atoms with E-state index >= 15 is 0 Å². The van der Waals surface area contributed by atoms with Crippen molar-refractivity contribution in [2.75, 3.05) is 20.2 Å². The van der Waals surface area contributed by atoms with Gasteiger partial charge in [-0.2, -0.15) is 5.26 Å². The van der Waals surface area contributed by atoms with E-state index in [0.717, 1.165) is 25.9 Å². The molecule has 0 saturated carbocycles. The zero-order chi connectivity index (χ0) is 14.7. The van der Waals surface area contributed by atoms with Crippen LogP contribution in [0.2, 0.25) is 0 Å². The Bertz CT molecular complexity index is 561. The van der Waals surface area contributed by atoms with Crippen LogP contribution < -0.4 is 4.74 Å². The van der Waals surface area contributed by atoms with Crippen LogP contribution >= 0.6 is 0 Å². The second-order valence-corrected chi connectivity index (χ2v) is 4.62. The van der Waals surface area contributed by atoms with Crippen molar-refractivity contribution in [3.05, 3.63) is 27.8 Å². The third-order valence-electron chi connectivity index (χ3n) is 3.44. The molecule has 1 N–H and O–H groups in total. The van der Waals surface area contributed by atoms with Gasteiger partial charge in [-0.15, -0.1) is 0 Å². The number of nitrogens with zero attached hydrogens (tertiary/aromatic N) is 3. The van der Waals surface area contributed by atoms with E-state index in [1.807, 2.05) is 4.90 Å². The lowest BCUT2D eigenvalue weighted by Crippen LogP contribution is -2.24. The first-order valence-electron chi connectivity index (χ1n) is 6.27. The van der Waals surface area contributed by atoms with E-state index in [1.54, 1.807) is 0 Å². The van der Waals surface area contributed by atoms with Gasteiger partial charge in [0, 0.05) is 6.07 Å². The maximum absolute atomic E-state index is 11.0. The van der Waals surface area contributed by atoms with Crippen LogP contribution in [0.3, 0.4) is 0 Å². The van der Waals surface area contributed by atoms with Gasteiger partial charge in [0.1, 0.15) is 6.04 Å². The van der Waals surface area contributed by atoms with E-state index in [1.165, 1.54) is 19.2 Å². The molecule has 7 nitrogen and oxygen atoms in total. The number of phenolic OH excluding ortho intramolecular Hbond substituents is 1. The Morgan fingerprint density at radius 1 is 1.50 bits per heavy atom. The van der Waals surface area contributed by atoms with Gasteiger partial charge in [0.15, 0.2) is 5.75 Å². The molecule has 1 unspecified atom stereocenters. The molecule has 1 aliphatic heterocycles. The standard InChI is InChI=1S/C13H15N3O4/c1-20-12-7-9(6-10(13(12)17)16(18)19)11(8-14)15-4-2-3-5-15/h6-7,11,17H,2-5H2,1H3. The van der Waals surface area contributed by atoms with Crippen LogP contribution in [-0.4, -0.2) is 35.1 Å². The number of phenols is 1. The highest BCUT2D eigenvalue weighted by Gasteiger charge is 2.28. The Morgan fingerprint density at radius 3 is 2.65 bits per heavy atom. The van der Waals surface area contributed by atoms with Gasteiger partial charge in [-0.3, -0.25) is 15.0 Å². The summed E-state index contributed by atoms with van der Waals surface area (Å²) < 4.78 is 4.95. The summed E-state index contributed by atoms with van der Waals surface area (Å²) in [6.07, 6.45) is 2.02. The molecular formula is C13H15N3O4. The third kappa shape index (κ3) is 2.51. The Kier molecular flexibility index (Phi) is 4.05. The van der Waals surface area contributed by atoms with Crippen molar-refractivity contribution in [2.45, 2.75) is 18.9 Å². The number of methoxy groups -OCH3 is 1. The monoisotopic (exact) mass is 277 g/mol. The highest BCUT2D eigenvalue weighted by atomic mass is 16.6. The van der Waals surface area contributed by atoms with Crippen molar-refractivity contribution in [3.8, 4) is 17.6 Å². The number of benzene rings is 1. The quantitative estimate of drug-likeness (QED) is 0.667. The van der Waals surface area contributed by atoms with E-state index in [4.69, 9.17) is 4.74 Å². The lowest BCUT2D eigenvalue weighted by atomic mass is 10.0. The van der Waals surface area contributed by atoms with Crippen molar-refractivity contribution in [2.24, 2.45) is 0 Å². The van der Waals surface area contributed by atoms with Gasteiger partial charge in [0.25, 0.3) is 0 Å². The van der Waals surface area contributed by atoms with Crippen molar-refractivity contribution in [3.63, 3.8) is 0 Å². The SMILES string of the molecule is COc1cc(C(C#N)N2CCCC2)cc([N+](=O)[O-])c1O. The first-order valence-corrected chi connectivity index (χ1v) is 6.27. The van der Waals surface area contributed by atoms with Gasteiger partial charge in [0.05, 0.1) is 18.1 Å². The van der Waals surface area contributed by atoms with E-state index in [-0.39, 0.29) is 5.75 Å². The van der Waals surface area contributed by atoms with Gasteiger partial charge in [0.2, 0.25) is 5.75 Å². The van der Waals surface area contributed by atoms with E-state index < -0.39 is 22.4 Å². The Morgan fingerprint density at radius 2 is 2.15 bits per heavy atom. The Hall–Kier alpha value is -2.33. The molecule has 0 aliphatic carbocycles. The summed E-state index contributed by atoms with van der Waals surface area (Å²) in [5, 5.41) is 30.0. The van der Waals surface area contributed by atoms with E-state index in [2.05, 4.69) is 6.07 Å². The second-order valence-electron chi connectivity index (χ2n) is 4.62. The predicted molar refractivity (Wildman–Crippen MR) is 70.5 cm³/mol. The van der Waals surface area contributed by atoms with Crippen molar-refractivity contribution < 1.29 is 14.8 Å². The molecule has 0 bridgehead atoms. The number of hydrogen-bond donors (Lipinski definition) is 1. The smallest absolute Gasteiger partial charge is 0.315 e. The fourth-order valence-electron chi connectivity index (χ4n) is 2.43. The molecule has 1 fully saturated rings. The van der Waals surface area contributed by atoms with Crippen LogP contribution in [0.25, 0.3) is 0 Å². The Balaban J connectivity index is 2.47. The average molecular weight is 277 g/mol. The molecule has 20 heavy (non-hydrogen) atoms. The minimum absolute atomic E-state index is 0.00801. The molecule has 7 heteroatoms. The zero-order valence-corrected chi connectivity index (χ0v) is 11.1. The molecule has 106 valence electrons. The van der Waals surface area contributed by atoms with Crippen molar-refractivity contribution in [1.82, 2.24) is 4.90 Å². The summed E-state index contributed by atoms with van der Waals surface area (Å²) in [6, 6.07) is 4.32. The van der Waals surface area contributed by atoms with Gasteiger partial charge in [-0.1, -0.05) is 0 Å². The maximum atomic E-state index is 11.0. The van der Waals surface area contributed by atoms with Crippen molar-refractivity contribution >= 4 is 5.69 Å². The van der Waals surface area contributed by atoms with E-state index in [9.17, 15) is 20.5 Å². The van der Waals surface area contributed by atoms with Crippen molar-refractivity contribution in [1.29, 1.82) is 5.26 Å². The fourth-order valence-corrected chi connectivity index (χ4v) is 2.43. The van der Waals surface area contributed by atoms with Crippen LogP contribution in [-0.2, 0) is 0 Å². The molecule has 1 aromatic carbocycles. The minimum atomic E-state index is -0.681. The fraction of sp³-hybridized carbons (Fsp3) is 0.462. The molecule has 0 spiro atoms. The summed E-state index contributed by atoms with van der Waals surface area (Å²) in [6.45, 7) is 1.57. The average Bonchev–Trinajstić information content (AvgIpc) is 2.94. The molecule has 0 aromatic heterocycles. The second kappa shape index (κ2) is 5.75. The maximum Gasteiger partial charge on any atom is 0.315 e. The number of rotatable bonds is 4. The number of aromatic hydroxyl groups is 1. The normalized spacial score (nSPS) is 16.6. The zero-order valence-electron chi connectivity index (χ0n) is 11.1. The van der Waals surface area contributed by atoms with Gasteiger partial charge >= 0.3 is 5.69 Å². The minimum Gasteiger partial charge on any atom is -0.500 e. The van der Waals surface area contributed by atoms with Gasteiger partial charge in [-0.05, 0) is 37.6 Å². The number of nitriles is 1. The molecule has 1 heterocycles. The van der Waals surface area contributed by atoms with Crippen LogP contribution in [0.5, 0.6) is 11.5 Å². The Labute approximate surface area is 116 Å².